The molecule has 2 amide bonds. The maximum absolute atomic E-state index is 13.3. The molecule has 0 radical (unpaired) electrons. The molecule has 3 aromatic rings. The van der Waals surface area contributed by atoms with E-state index >= 15 is 0 Å². The molecule has 3 N–H and O–H groups in total. The van der Waals surface area contributed by atoms with Gasteiger partial charge in [-0.15, -0.1) is 0 Å². The quantitative estimate of drug-likeness (QED) is 0.502. The van der Waals surface area contributed by atoms with Crippen LogP contribution in [0.25, 0.3) is 11.3 Å². The topological polar surface area (TPSA) is 115 Å². The number of H-pyrrole nitrogens is 1. The highest BCUT2D eigenvalue weighted by molar-refractivity contribution is 6.04. The Balaban J connectivity index is 1.77. The standard InChI is InChI=1S/C26H28N4O4/c1-16(32)28-23-15-18(8-9-27-23)25-20(12-17-6-4-3-5-7-17)24-21(29-25)13-19(14-22(24)33)26(34)30(2)10-11-31/h3-9,15,19,29,31H,10-14H2,1-2H3,(H,27,28,32). The number of benzene rings is 1. The molecule has 1 atom stereocenters. The molecule has 176 valence electrons. The number of hydrogen-bond donors (Lipinski definition) is 3. The van der Waals surface area contributed by atoms with Crippen LogP contribution in [0.2, 0.25) is 0 Å². The Morgan fingerprint density at radius 3 is 2.68 bits per heavy atom. The number of likely N-dealkylation sites (N-methyl/N-ethyl adjacent to an activating group) is 1. The van der Waals surface area contributed by atoms with Crippen LogP contribution in [0.15, 0.2) is 48.7 Å². The van der Waals surface area contributed by atoms with Gasteiger partial charge in [0.15, 0.2) is 5.78 Å². The fraction of sp³-hybridized carbons (Fsp3) is 0.308. The highest BCUT2D eigenvalue weighted by Gasteiger charge is 2.35. The zero-order chi connectivity index (χ0) is 24.2. The number of Topliss-reactive ketones (excluding diaryl/α,β-unsaturated/α-hetero) is 1. The van der Waals surface area contributed by atoms with Crippen LogP contribution in [-0.2, 0) is 22.4 Å². The second-order valence-corrected chi connectivity index (χ2v) is 8.62. The number of carbonyl (C=O) groups is 3. The molecule has 1 aromatic carbocycles. The second-order valence-electron chi connectivity index (χ2n) is 8.62. The van der Waals surface area contributed by atoms with Gasteiger partial charge in [-0.2, -0.15) is 0 Å². The molecule has 0 fully saturated rings. The summed E-state index contributed by atoms with van der Waals surface area (Å²) >= 11 is 0. The average Bonchev–Trinajstić information content (AvgIpc) is 3.18. The number of anilines is 1. The van der Waals surface area contributed by atoms with Crippen molar-refractivity contribution in [3.8, 4) is 11.3 Å². The van der Waals surface area contributed by atoms with Crippen molar-refractivity contribution in [3.05, 3.63) is 71.0 Å². The summed E-state index contributed by atoms with van der Waals surface area (Å²) in [5.41, 5.74) is 4.91. The minimum absolute atomic E-state index is 0.0680. The van der Waals surface area contributed by atoms with Gasteiger partial charge in [0, 0.05) is 62.8 Å². The van der Waals surface area contributed by atoms with Gasteiger partial charge in [0.25, 0.3) is 0 Å². The first kappa shape index (κ1) is 23.4. The molecule has 1 aliphatic rings. The Bertz CT molecular complexity index is 1220. The van der Waals surface area contributed by atoms with Crippen molar-refractivity contribution in [2.45, 2.75) is 26.2 Å². The summed E-state index contributed by atoms with van der Waals surface area (Å²) in [5, 5.41) is 11.9. The lowest BCUT2D eigenvalue weighted by Crippen LogP contribution is -2.38. The summed E-state index contributed by atoms with van der Waals surface area (Å²) in [7, 11) is 1.64. The molecule has 8 heteroatoms. The third kappa shape index (κ3) is 4.92. The van der Waals surface area contributed by atoms with Crippen LogP contribution in [0.1, 0.15) is 40.5 Å². The number of nitrogens with one attached hydrogen (secondary N) is 2. The van der Waals surface area contributed by atoms with Crippen LogP contribution < -0.4 is 5.32 Å². The van der Waals surface area contributed by atoms with Gasteiger partial charge in [0.1, 0.15) is 5.82 Å². The summed E-state index contributed by atoms with van der Waals surface area (Å²) in [6, 6.07) is 13.5. The van der Waals surface area contributed by atoms with Crippen molar-refractivity contribution in [2.75, 3.05) is 25.5 Å². The zero-order valence-corrected chi connectivity index (χ0v) is 19.3. The number of rotatable bonds is 7. The van der Waals surface area contributed by atoms with Crippen LogP contribution in [0.5, 0.6) is 0 Å². The monoisotopic (exact) mass is 460 g/mol. The van der Waals surface area contributed by atoms with Crippen molar-refractivity contribution in [1.29, 1.82) is 0 Å². The van der Waals surface area contributed by atoms with Gasteiger partial charge in [0.05, 0.1) is 18.2 Å². The summed E-state index contributed by atoms with van der Waals surface area (Å²) in [5.74, 6) is -0.482. The first-order valence-corrected chi connectivity index (χ1v) is 11.3. The van der Waals surface area contributed by atoms with Crippen molar-refractivity contribution in [1.82, 2.24) is 14.9 Å². The number of aromatic amines is 1. The number of aliphatic hydroxyl groups is 1. The average molecular weight is 461 g/mol. The van der Waals surface area contributed by atoms with E-state index in [1.165, 1.54) is 11.8 Å². The highest BCUT2D eigenvalue weighted by Crippen LogP contribution is 2.37. The molecule has 34 heavy (non-hydrogen) atoms. The normalized spacial score (nSPS) is 15.0. The van der Waals surface area contributed by atoms with Crippen molar-refractivity contribution >= 4 is 23.4 Å². The third-order valence-corrected chi connectivity index (χ3v) is 6.08. The molecule has 1 aliphatic carbocycles. The molecule has 2 heterocycles. The number of amides is 2. The van der Waals surface area contributed by atoms with Crippen LogP contribution in [0.3, 0.4) is 0 Å². The molecule has 0 spiro atoms. The molecular weight excluding hydrogens is 432 g/mol. The third-order valence-electron chi connectivity index (χ3n) is 6.08. The molecule has 0 aliphatic heterocycles. The number of aliphatic hydroxyl groups excluding tert-OH is 1. The molecular formula is C26H28N4O4. The highest BCUT2D eigenvalue weighted by atomic mass is 16.3. The Labute approximate surface area is 198 Å². The first-order chi connectivity index (χ1) is 16.4. The Kier molecular flexibility index (Phi) is 6.88. The van der Waals surface area contributed by atoms with Crippen LogP contribution >= 0.6 is 0 Å². The van der Waals surface area contributed by atoms with E-state index in [9.17, 15) is 19.5 Å². The van der Waals surface area contributed by atoms with Crippen molar-refractivity contribution in [2.24, 2.45) is 5.92 Å². The van der Waals surface area contributed by atoms with E-state index in [0.717, 1.165) is 28.1 Å². The number of fused-ring (bicyclic) bond motifs is 1. The first-order valence-electron chi connectivity index (χ1n) is 11.3. The minimum atomic E-state index is -0.472. The van der Waals surface area contributed by atoms with Gasteiger partial charge in [-0.25, -0.2) is 4.98 Å². The van der Waals surface area contributed by atoms with E-state index < -0.39 is 5.92 Å². The number of pyridine rings is 1. The molecule has 0 saturated carbocycles. The van der Waals surface area contributed by atoms with E-state index in [1.54, 1.807) is 19.3 Å². The Hall–Kier alpha value is -3.78. The molecule has 4 rings (SSSR count). The fourth-order valence-corrected chi connectivity index (χ4v) is 4.53. The maximum atomic E-state index is 13.3. The lowest BCUT2D eigenvalue weighted by molar-refractivity contribution is -0.134. The molecule has 2 aromatic heterocycles. The summed E-state index contributed by atoms with van der Waals surface area (Å²) in [6.45, 7) is 1.53. The van der Waals surface area contributed by atoms with E-state index in [0.29, 0.717) is 24.2 Å². The minimum Gasteiger partial charge on any atom is -0.395 e. The molecule has 1 unspecified atom stereocenters. The summed E-state index contributed by atoms with van der Waals surface area (Å²) < 4.78 is 0. The Morgan fingerprint density at radius 1 is 1.21 bits per heavy atom. The lowest BCUT2D eigenvalue weighted by atomic mass is 9.83. The number of aromatic nitrogens is 2. The van der Waals surface area contributed by atoms with Gasteiger partial charge in [-0.3, -0.25) is 14.4 Å². The number of ketones is 1. The van der Waals surface area contributed by atoms with Gasteiger partial charge in [-0.05, 0) is 23.3 Å². The molecule has 0 bridgehead atoms. The fourth-order valence-electron chi connectivity index (χ4n) is 4.53. The summed E-state index contributed by atoms with van der Waals surface area (Å²) in [4.78, 5) is 46.8. The van der Waals surface area contributed by atoms with E-state index in [2.05, 4.69) is 15.3 Å². The number of nitrogens with zero attached hydrogens (tertiary/aromatic N) is 2. The predicted molar refractivity (Wildman–Crippen MR) is 128 cm³/mol. The van der Waals surface area contributed by atoms with Gasteiger partial charge < -0.3 is 20.3 Å². The SMILES string of the molecule is CC(=O)Nc1cc(-c2[nH]c3c(c2Cc2ccccc2)C(=O)CC(C(=O)N(C)CCO)C3)ccn1. The van der Waals surface area contributed by atoms with Gasteiger partial charge >= 0.3 is 0 Å². The lowest BCUT2D eigenvalue weighted by Gasteiger charge is -2.26. The Morgan fingerprint density at radius 2 is 1.97 bits per heavy atom. The van der Waals surface area contributed by atoms with Gasteiger partial charge in [-0.1, -0.05) is 30.3 Å². The van der Waals surface area contributed by atoms with E-state index in [4.69, 9.17) is 0 Å². The second kappa shape index (κ2) is 10.0. The smallest absolute Gasteiger partial charge is 0.226 e. The van der Waals surface area contributed by atoms with E-state index in [1.807, 2.05) is 36.4 Å². The van der Waals surface area contributed by atoms with Crippen molar-refractivity contribution in [3.63, 3.8) is 0 Å². The number of carbonyl (C=O) groups excluding carboxylic acids is 3. The zero-order valence-electron chi connectivity index (χ0n) is 19.3. The molecule has 0 saturated heterocycles. The predicted octanol–water partition coefficient (Wildman–Crippen LogP) is 2.82. The van der Waals surface area contributed by atoms with Crippen LogP contribution in [0.4, 0.5) is 5.82 Å². The van der Waals surface area contributed by atoms with Gasteiger partial charge in [0.2, 0.25) is 11.8 Å². The van der Waals surface area contributed by atoms with E-state index in [-0.39, 0.29) is 37.2 Å². The largest absolute Gasteiger partial charge is 0.395 e. The maximum Gasteiger partial charge on any atom is 0.226 e. The van der Waals surface area contributed by atoms with Crippen LogP contribution in [-0.4, -0.2) is 57.8 Å². The van der Waals surface area contributed by atoms with Crippen LogP contribution in [0, 0.1) is 5.92 Å². The van der Waals surface area contributed by atoms with Crippen molar-refractivity contribution < 1.29 is 19.5 Å². The number of hydrogen-bond acceptors (Lipinski definition) is 5. The molecule has 8 nitrogen and oxygen atoms in total. The summed E-state index contributed by atoms with van der Waals surface area (Å²) in [6.07, 6.45) is 2.72.